The molecule has 2 aromatic rings. The number of aromatic hydroxyl groups is 1. The quantitative estimate of drug-likeness (QED) is 0.158. The van der Waals surface area contributed by atoms with E-state index in [1.807, 2.05) is 26.0 Å². The molecule has 5 rings (SSSR count). The molecule has 1 unspecified atom stereocenters. The number of Topliss-reactive ketones (excluding diaryl/α,β-unsaturated/α-hetero) is 2. The van der Waals surface area contributed by atoms with E-state index in [1.54, 1.807) is 26.2 Å². The largest absolute Gasteiger partial charge is 0.510 e. The second-order valence-corrected chi connectivity index (χ2v) is 13.6. The number of amides is 1. The minimum absolute atomic E-state index is 0.0350. The van der Waals surface area contributed by atoms with E-state index in [9.17, 15) is 39.6 Å². The number of aliphatic hydroxyl groups is 3. The average molecular weight is 678 g/mol. The molecule has 5 atom stereocenters. The van der Waals surface area contributed by atoms with Gasteiger partial charge < -0.3 is 41.0 Å². The number of hydrogen-bond acceptors (Lipinski definition) is 12. The monoisotopic (exact) mass is 677 g/mol. The highest BCUT2D eigenvalue weighted by molar-refractivity contribution is 6.25. The fourth-order valence-electron chi connectivity index (χ4n) is 7.70. The lowest BCUT2D eigenvalue weighted by Crippen LogP contribution is -2.63. The van der Waals surface area contributed by atoms with Crippen molar-refractivity contribution in [3.05, 3.63) is 69.7 Å². The van der Waals surface area contributed by atoms with E-state index in [-0.39, 0.29) is 41.6 Å². The number of phenolic OH excluding ortho intramolecular Hbond substituents is 1. The molecule has 7 N–H and O–H groups in total. The molecule has 1 amide bonds. The summed E-state index contributed by atoms with van der Waals surface area (Å²) in [5, 5.41) is 48.8. The number of carbonyl (C=O) groups excluding carboxylic acids is 4. The van der Waals surface area contributed by atoms with Crippen LogP contribution in [0.1, 0.15) is 48.2 Å². The van der Waals surface area contributed by atoms with Gasteiger partial charge in [-0.05, 0) is 80.1 Å². The Morgan fingerprint density at radius 3 is 2.37 bits per heavy atom. The lowest BCUT2D eigenvalue weighted by Gasteiger charge is -2.50. The van der Waals surface area contributed by atoms with Crippen LogP contribution in [0.25, 0.3) is 11.1 Å². The number of aliphatic hydroxyl groups excluding tert-OH is 2. The third-order valence-electron chi connectivity index (χ3n) is 9.91. The van der Waals surface area contributed by atoms with Crippen LogP contribution in [0, 0.1) is 17.8 Å². The summed E-state index contributed by atoms with van der Waals surface area (Å²) in [5.41, 5.74) is 3.95. The number of nitrogens with two attached hydrogens (primary N) is 1. The van der Waals surface area contributed by atoms with Crippen LogP contribution >= 0.6 is 0 Å². The number of phenols is 1. The van der Waals surface area contributed by atoms with Gasteiger partial charge in [0.2, 0.25) is 5.78 Å². The third-order valence-corrected chi connectivity index (χ3v) is 9.91. The third kappa shape index (κ3) is 5.85. The maximum absolute atomic E-state index is 14.2. The van der Waals surface area contributed by atoms with E-state index < -0.39 is 64.1 Å². The first-order valence-corrected chi connectivity index (χ1v) is 16.1. The molecule has 49 heavy (non-hydrogen) atoms. The Morgan fingerprint density at radius 1 is 1.08 bits per heavy atom. The molecule has 0 saturated carbocycles. The fourth-order valence-corrected chi connectivity index (χ4v) is 7.70. The van der Waals surface area contributed by atoms with E-state index in [0.717, 1.165) is 5.56 Å². The molecule has 13 heteroatoms. The van der Waals surface area contributed by atoms with Gasteiger partial charge in [0, 0.05) is 23.6 Å². The molecule has 0 fully saturated rings. The van der Waals surface area contributed by atoms with Gasteiger partial charge in [0.15, 0.2) is 11.4 Å². The number of likely N-dealkylation sites (N-methyl/N-ethyl adjacent to an activating group) is 1. The number of esters is 1. The number of nitrogens with one attached hydrogen (secondary N) is 1. The van der Waals surface area contributed by atoms with Crippen molar-refractivity contribution in [1.82, 2.24) is 10.2 Å². The number of allylic oxidation sites excluding steroid dienone is 1. The van der Waals surface area contributed by atoms with Gasteiger partial charge in [0.1, 0.15) is 34.6 Å². The molecule has 2 aromatic carbocycles. The topological polar surface area (TPSA) is 209 Å². The summed E-state index contributed by atoms with van der Waals surface area (Å²) in [7, 11) is 6.00. The summed E-state index contributed by atoms with van der Waals surface area (Å²) in [6.07, 6.45) is 0.649. The summed E-state index contributed by atoms with van der Waals surface area (Å²) < 4.78 is 10.7. The van der Waals surface area contributed by atoms with E-state index in [4.69, 9.17) is 15.2 Å². The number of fused-ring (bicyclic) bond motifs is 3. The Morgan fingerprint density at radius 2 is 1.78 bits per heavy atom. The molecule has 0 heterocycles. The highest BCUT2D eigenvalue weighted by atomic mass is 16.5. The maximum Gasteiger partial charge on any atom is 0.322 e. The number of benzene rings is 2. The zero-order valence-electron chi connectivity index (χ0n) is 28.4. The van der Waals surface area contributed by atoms with Crippen molar-refractivity contribution in [3.63, 3.8) is 0 Å². The van der Waals surface area contributed by atoms with Crippen molar-refractivity contribution in [3.8, 4) is 22.6 Å². The summed E-state index contributed by atoms with van der Waals surface area (Å²) in [5.74, 6) is -6.80. The van der Waals surface area contributed by atoms with Gasteiger partial charge in [-0.15, -0.1) is 0 Å². The molecular weight excluding hydrogens is 634 g/mol. The standard InChI is InChI=1S/C36H43N3O10/c1-16(2)11-23(35(46)49-6)38-15-17-7-10-25(48-5)20(12-17)19-8-9-24(40)27-21(19)13-18-14-22-29(39(3)4)31(42)28(34(37)45)33(44)36(22,47)32(43)26(18)30(27)41/h7-10,12,16,18,22-23,29,38,40,42-43,47H,11,13-15H2,1-6H3,(H2,37,45)/t18-,22-,23?,29+,36-/m1/s1. The minimum atomic E-state index is -2.72. The summed E-state index contributed by atoms with van der Waals surface area (Å²) >= 11 is 0. The van der Waals surface area contributed by atoms with Gasteiger partial charge in [0.25, 0.3) is 5.91 Å². The van der Waals surface area contributed by atoms with Crippen LogP contribution in [-0.4, -0.2) is 94.8 Å². The normalized spacial score (nSPS) is 24.1. The molecule has 3 aliphatic rings. The number of rotatable bonds is 10. The molecule has 0 aliphatic heterocycles. The number of primary amides is 1. The van der Waals surface area contributed by atoms with Crippen LogP contribution in [0.5, 0.6) is 11.5 Å². The number of ketones is 2. The predicted octanol–water partition coefficient (Wildman–Crippen LogP) is 2.47. The Kier molecular flexibility index (Phi) is 9.66. The van der Waals surface area contributed by atoms with E-state index in [2.05, 4.69) is 5.32 Å². The Labute approximate surface area is 284 Å². The molecular formula is C36H43N3O10. The van der Waals surface area contributed by atoms with Crippen LogP contribution < -0.4 is 15.8 Å². The second kappa shape index (κ2) is 13.3. The van der Waals surface area contributed by atoms with Gasteiger partial charge in [-0.3, -0.25) is 24.1 Å². The molecule has 262 valence electrons. The highest BCUT2D eigenvalue weighted by Crippen LogP contribution is 2.53. The number of ether oxygens (including phenoxy) is 2. The SMILES string of the molecule is COC(=O)C(CC(C)C)NCc1ccc(OC)c(-c2ccc(O)c3c2C[C@@H]2C[C@@H]4[C@H](N(C)C)C(O)=C(C(N)=O)C(=O)[C@]4(O)C(O)=C2C3=O)c1. The zero-order chi connectivity index (χ0) is 36.1. The maximum atomic E-state index is 14.2. The first kappa shape index (κ1) is 35.6. The smallest absolute Gasteiger partial charge is 0.322 e. The predicted molar refractivity (Wildman–Crippen MR) is 178 cm³/mol. The second-order valence-electron chi connectivity index (χ2n) is 13.6. The van der Waals surface area contributed by atoms with Crippen LogP contribution in [0.2, 0.25) is 0 Å². The van der Waals surface area contributed by atoms with Crippen molar-refractivity contribution in [2.24, 2.45) is 23.5 Å². The number of hydrogen-bond donors (Lipinski definition) is 6. The van der Waals surface area contributed by atoms with E-state index in [0.29, 0.717) is 35.4 Å². The zero-order valence-corrected chi connectivity index (χ0v) is 28.4. The number of carbonyl (C=O) groups is 4. The molecule has 0 radical (unpaired) electrons. The summed E-state index contributed by atoms with van der Waals surface area (Å²) in [6.45, 7) is 4.34. The lowest BCUT2D eigenvalue weighted by atomic mass is 9.58. The first-order chi connectivity index (χ1) is 23.1. The van der Waals surface area contributed by atoms with E-state index >= 15 is 0 Å². The van der Waals surface area contributed by atoms with Crippen molar-refractivity contribution in [1.29, 1.82) is 0 Å². The Hall–Kier alpha value is -4.72. The van der Waals surface area contributed by atoms with Crippen molar-refractivity contribution < 1.29 is 49.1 Å². The molecule has 0 aromatic heterocycles. The molecule has 13 nitrogen and oxygen atoms in total. The Balaban J connectivity index is 1.61. The number of nitrogens with zero attached hydrogens (tertiary/aromatic N) is 1. The fraction of sp³-hybridized carbons (Fsp3) is 0.444. The van der Waals surface area contributed by atoms with Crippen molar-refractivity contribution in [2.45, 2.75) is 57.3 Å². The van der Waals surface area contributed by atoms with Crippen molar-refractivity contribution >= 4 is 23.4 Å². The number of methoxy groups -OCH3 is 2. The minimum Gasteiger partial charge on any atom is -0.510 e. The molecule has 0 spiro atoms. The highest BCUT2D eigenvalue weighted by Gasteiger charge is 2.63. The summed E-state index contributed by atoms with van der Waals surface area (Å²) in [4.78, 5) is 53.9. The Bertz CT molecular complexity index is 1790. The molecule has 3 aliphatic carbocycles. The van der Waals surface area contributed by atoms with E-state index in [1.165, 1.54) is 25.2 Å². The molecule has 0 saturated heterocycles. The van der Waals surface area contributed by atoms with Crippen molar-refractivity contribution in [2.75, 3.05) is 28.3 Å². The van der Waals surface area contributed by atoms with Gasteiger partial charge in [-0.25, -0.2) is 0 Å². The first-order valence-electron chi connectivity index (χ1n) is 16.1. The van der Waals surface area contributed by atoms with Crippen LogP contribution in [-0.2, 0) is 32.1 Å². The van der Waals surface area contributed by atoms with Gasteiger partial charge >= 0.3 is 5.97 Å². The summed E-state index contributed by atoms with van der Waals surface area (Å²) in [6, 6.07) is 6.88. The van der Waals surface area contributed by atoms with Crippen LogP contribution in [0.15, 0.2) is 53.0 Å². The van der Waals surface area contributed by atoms with Gasteiger partial charge in [-0.1, -0.05) is 26.0 Å². The lowest BCUT2D eigenvalue weighted by molar-refractivity contribution is -0.148. The average Bonchev–Trinajstić information content (AvgIpc) is 3.03. The van der Waals surface area contributed by atoms with Crippen LogP contribution in [0.4, 0.5) is 0 Å². The van der Waals surface area contributed by atoms with Gasteiger partial charge in [-0.2, -0.15) is 0 Å². The molecule has 0 bridgehead atoms. The van der Waals surface area contributed by atoms with Gasteiger partial charge in [0.05, 0.1) is 25.8 Å². The van der Waals surface area contributed by atoms with Crippen LogP contribution in [0.3, 0.4) is 0 Å².